The fourth-order valence-electron chi connectivity index (χ4n) is 12.3. The number of rotatable bonds is 15. The summed E-state index contributed by atoms with van der Waals surface area (Å²) in [6.45, 7) is 48.3. The Hall–Kier alpha value is 0.884. The molecule has 0 unspecified atom stereocenters. The second-order valence-electron chi connectivity index (χ2n) is 24.2. The highest BCUT2D eigenvalue weighted by atomic mass is 28.4. The van der Waals surface area contributed by atoms with Crippen molar-refractivity contribution < 1.29 is 22.1 Å². The molecule has 5 nitrogen and oxygen atoms in total. The minimum Gasteiger partial charge on any atom is -0.415 e. The maximum Gasteiger partial charge on any atom is 0.184 e. The smallest absolute Gasteiger partial charge is 0.184 e. The van der Waals surface area contributed by atoms with Crippen LogP contribution in [0.3, 0.4) is 0 Å². The van der Waals surface area contributed by atoms with Crippen LogP contribution in [-0.2, 0) is 22.1 Å². The average molecular weight is 814 g/mol. The predicted molar refractivity (Wildman–Crippen MR) is 236 cm³/mol. The molecule has 4 rings (SSSR count). The molecule has 0 aromatic heterocycles. The Bertz CT molecular complexity index is 1200. The summed E-state index contributed by atoms with van der Waals surface area (Å²) < 4.78 is 35.7. The molecule has 4 aliphatic rings. The first-order chi connectivity index (χ1) is 23.2. The Balaban J connectivity index is 1.69. The van der Waals surface area contributed by atoms with Crippen molar-refractivity contribution in [3.8, 4) is 0 Å². The Morgan fingerprint density at radius 1 is 0.635 bits per heavy atom. The lowest BCUT2D eigenvalue weighted by atomic mass is 9.43. The monoisotopic (exact) mass is 813 g/mol. The molecular weight excluding hydrogens is 725 g/mol. The van der Waals surface area contributed by atoms with E-state index in [-0.39, 0.29) is 17.1 Å². The Labute approximate surface area is 329 Å². The van der Waals surface area contributed by atoms with Crippen molar-refractivity contribution in [1.82, 2.24) is 0 Å². The molecule has 4 aliphatic carbocycles. The van der Waals surface area contributed by atoms with Gasteiger partial charge in [0, 0.05) is 12.2 Å². The van der Waals surface area contributed by atoms with Crippen molar-refractivity contribution in [2.45, 2.75) is 221 Å². The van der Waals surface area contributed by atoms with Crippen molar-refractivity contribution >= 4 is 41.6 Å². The van der Waals surface area contributed by atoms with E-state index in [1.165, 1.54) is 51.4 Å². The second-order valence-corrected chi connectivity index (χ2v) is 46.5. The van der Waals surface area contributed by atoms with Crippen molar-refractivity contribution in [1.29, 1.82) is 0 Å². The molecule has 306 valence electrons. The first-order valence-electron chi connectivity index (χ1n) is 21.7. The van der Waals surface area contributed by atoms with Crippen molar-refractivity contribution in [2.24, 2.45) is 46.3 Å². The van der Waals surface area contributed by atoms with Crippen LogP contribution in [0.15, 0.2) is 0 Å². The molecule has 0 heterocycles. The van der Waals surface area contributed by atoms with Crippen molar-refractivity contribution in [3.63, 3.8) is 0 Å². The van der Waals surface area contributed by atoms with Gasteiger partial charge in [-0.15, -0.1) is 0 Å². The fraction of sp³-hybridized carbons (Fsp3) is 1.00. The molecular formula is C42H88O5Si5. The zero-order chi connectivity index (χ0) is 39.7. The molecule has 10 heteroatoms. The predicted octanol–water partition coefficient (Wildman–Crippen LogP) is 12.8. The van der Waals surface area contributed by atoms with Crippen LogP contribution in [0.1, 0.15) is 92.4 Å². The van der Waals surface area contributed by atoms with Crippen molar-refractivity contribution in [2.75, 3.05) is 0 Å². The maximum absolute atomic E-state index is 7.53. The van der Waals surface area contributed by atoms with Crippen LogP contribution in [0.2, 0.25) is 98.2 Å². The molecule has 0 aromatic rings. The zero-order valence-corrected chi connectivity index (χ0v) is 43.2. The second kappa shape index (κ2) is 15.6. The first kappa shape index (κ1) is 45.6. The normalized spacial score (nSPS) is 37.6. The van der Waals surface area contributed by atoms with Crippen LogP contribution in [-0.4, -0.2) is 71.6 Å². The molecule has 0 N–H and O–H groups in total. The summed E-state index contributed by atoms with van der Waals surface area (Å²) in [5.74, 6) is 3.85. The van der Waals surface area contributed by atoms with Gasteiger partial charge >= 0.3 is 0 Å². The summed E-state index contributed by atoms with van der Waals surface area (Å²) in [6, 6.07) is 0. The topological polar surface area (TPSA) is 46.2 Å². The molecule has 0 spiro atoms. The number of hydrogen-bond donors (Lipinski definition) is 0. The largest absolute Gasteiger partial charge is 0.415 e. The quantitative estimate of drug-likeness (QED) is 0.154. The molecule has 0 aromatic carbocycles. The molecule has 4 saturated carbocycles. The Morgan fingerprint density at radius 3 is 1.73 bits per heavy atom. The lowest BCUT2D eigenvalue weighted by Gasteiger charge is -2.66. The van der Waals surface area contributed by atoms with Gasteiger partial charge in [-0.05, 0) is 216 Å². The Morgan fingerprint density at radius 2 is 1.21 bits per heavy atom. The third-order valence-corrected chi connectivity index (χ3v) is 18.9. The van der Waals surface area contributed by atoms with Gasteiger partial charge in [0.1, 0.15) is 0 Å². The fourth-order valence-corrected chi connectivity index (χ4v) is 18.8. The van der Waals surface area contributed by atoms with Gasteiger partial charge in [0.05, 0.1) is 17.8 Å². The van der Waals surface area contributed by atoms with Gasteiger partial charge in [0.2, 0.25) is 0 Å². The molecule has 12 atom stereocenters. The van der Waals surface area contributed by atoms with Gasteiger partial charge in [-0.1, -0.05) is 20.8 Å². The SMILES string of the molecule is C[C@H](CC[C@H](O[Si](C)(C)C)C(C)(C)O[Si](C)(C)C)[C@H]1CC[C@H]2[C@@H]3[C@H](O[Si](C)(C)C)C[C@@H]4C[C@H](O[Si](C)(C)C)CC[C@]4(C)[C@H]3C[C@H](O[Si](C)(C)C)[C@]12C. The van der Waals surface area contributed by atoms with E-state index in [1.54, 1.807) is 0 Å². The van der Waals surface area contributed by atoms with E-state index in [0.29, 0.717) is 59.2 Å². The van der Waals surface area contributed by atoms with Gasteiger partial charge in [-0.2, -0.15) is 0 Å². The number of hydrogen-bond acceptors (Lipinski definition) is 5. The summed E-state index contributed by atoms with van der Waals surface area (Å²) in [4.78, 5) is 0. The van der Waals surface area contributed by atoms with E-state index in [1.807, 2.05) is 0 Å². The standard InChI is InChI=1S/C42H88O5Si5/c1-30(21-24-37(45-50(12,13)14)40(2,3)47-52(18,19)20)33-22-23-34-39-35(29-38(42(33,34)5)46-51(15,16)17)41(4)26-25-32(43-48(6,7)8)27-31(41)28-36(39)44-49(9,10)11/h30-39H,21-29H2,1-20H3/t30-,31+,32-,33-,34+,35+,36-,37+,38+,39+,41+,42-/m1/s1. The maximum atomic E-state index is 7.53. The summed E-state index contributed by atoms with van der Waals surface area (Å²) in [5, 5.41) is 0. The average Bonchev–Trinajstić information content (AvgIpc) is 3.26. The molecule has 0 bridgehead atoms. The van der Waals surface area contributed by atoms with Gasteiger partial charge in [-0.25, -0.2) is 0 Å². The summed E-state index contributed by atoms with van der Waals surface area (Å²) >= 11 is 0. The summed E-state index contributed by atoms with van der Waals surface area (Å²) in [5.41, 5.74) is 0.199. The van der Waals surface area contributed by atoms with E-state index in [0.717, 1.165) is 6.42 Å². The van der Waals surface area contributed by atoms with Crippen LogP contribution in [0, 0.1) is 46.3 Å². The van der Waals surface area contributed by atoms with E-state index in [4.69, 9.17) is 22.1 Å². The third-order valence-electron chi connectivity index (χ3n) is 13.7. The highest BCUT2D eigenvalue weighted by Gasteiger charge is 2.67. The van der Waals surface area contributed by atoms with Crippen LogP contribution in [0.25, 0.3) is 0 Å². The van der Waals surface area contributed by atoms with E-state index in [2.05, 4.69) is 133 Å². The molecule has 0 amide bonds. The minimum atomic E-state index is -1.81. The van der Waals surface area contributed by atoms with Gasteiger partial charge in [0.25, 0.3) is 0 Å². The van der Waals surface area contributed by atoms with Gasteiger partial charge in [-0.3, -0.25) is 0 Å². The zero-order valence-electron chi connectivity index (χ0n) is 38.2. The minimum absolute atomic E-state index is 0.118. The molecule has 4 fully saturated rings. The molecule has 0 saturated heterocycles. The molecule has 0 aliphatic heterocycles. The molecule has 0 radical (unpaired) electrons. The number of fused-ring (bicyclic) bond motifs is 5. The highest BCUT2D eigenvalue weighted by Crippen LogP contribution is 2.70. The summed E-state index contributed by atoms with van der Waals surface area (Å²) in [7, 11) is -8.69. The molecule has 52 heavy (non-hydrogen) atoms. The highest BCUT2D eigenvalue weighted by molar-refractivity contribution is 6.71. The third kappa shape index (κ3) is 11.1. The Kier molecular flexibility index (Phi) is 13.7. The van der Waals surface area contributed by atoms with E-state index >= 15 is 0 Å². The van der Waals surface area contributed by atoms with Gasteiger partial charge in [0.15, 0.2) is 41.6 Å². The lowest BCUT2D eigenvalue weighted by Crippen LogP contribution is -2.64. The van der Waals surface area contributed by atoms with E-state index in [9.17, 15) is 0 Å². The van der Waals surface area contributed by atoms with Crippen molar-refractivity contribution in [3.05, 3.63) is 0 Å². The summed E-state index contributed by atoms with van der Waals surface area (Å²) in [6.07, 6.45) is 12.3. The van der Waals surface area contributed by atoms with Crippen LogP contribution >= 0.6 is 0 Å². The van der Waals surface area contributed by atoms with Crippen LogP contribution in [0.5, 0.6) is 0 Å². The van der Waals surface area contributed by atoms with E-state index < -0.39 is 41.6 Å². The lowest BCUT2D eigenvalue weighted by molar-refractivity contribution is -0.199. The van der Waals surface area contributed by atoms with Crippen LogP contribution < -0.4 is 0 Å². The van der Waals surface area contributed by atoms with Gasteiger partial charge < -0.3 is 22.1 Å². The van der Waals surface area contributed by atoms with Crippen LogP contribution in [0.4, 0.5) is 0 Å². The first-order valence-corrected chi connectivity index (χ1v) is 38.7.